The molecule has 1 heterocycles. The molecule has 7 heteroatoms. The molecular weight excluding hydrogens is 308 g/mol. The Morgan fingerprint density at radius 1 is 1.08 bits per heavy atom. The van der Waals surface area contributed by atoms with Crippen molar-refractivity contribution in [3.05, 3.63) is 47.6 Å². The van der Waals surface area contributed by atoms with Crippen LogP contribution in [-0.2, 0) is 4.79 Å². The van der Waals surface area contributed by atoms with E-state index in [4.69, 9.17) is 4.52 Å². The third-order valence-corrected chi connectivity index (χ3v) is 3.55. The molecule has 2 rings (SSSR count). The van der Waals surface area contributed by atoms with Crippen LogP contribution in [0.1, 0.15) is 48.9 Å². The van der Waals surface area contributed by atoms with Gasteiger partial charge in [-0.15, -0.1) is 0 Å². The first-order valence-electron chi connectivity index (χ1n) is 7.85. The van der Waals surface area contributed by atoms with Gasteiger partial charge in [0.05, 0.1) is 0 Å². The molecule has 1 aromatic heterocycles. The summed E-state index contributed by atoms with van der Waals surface area (Å²) in [6.45, 7) is 7.23. The third-order valence-electron chi connectivity index (χ3n) is 3.55. The molecule has 0 radical (unpaired) electrons. The largest absolute Gasteiger partial charge is 0.342 e. The SMILES string of the molecule is Cc1noc([C@H](NC(=O)[C@@H](C)NC(=O)c2ccccc2)C(C)C)n1. The molecule has 2 amide bonds. The van der Waals surface area contributed by atoms with Crippen LogP contribution in [0.25, 0.3) is 0 Å². The summed E-state index contributed by atoms with van der Waals surface area (Å²) in [5.41, 5.74) is 0.505. The van der Waals surface area contributed by atoms with Gasteiger partial charge in [-0.1, -0.05) is 37.2 Å². The van der Waals surface area contributed by atoms with Crippen molar-refractivity contribution >= 4 is 11.8 Å². The van der Waals surface area contributed by atoms with Gasteiger partial charge in [-0.05, 0) is 31.9 Å². The lowest BCUT2D eigenvalue weighted by atomic mass is 10.0. The zero-order valence-electron chi connectivity index (χ0n) is 14.2. The summed E-state index contributed by atoms with van der Waals surface area (Å²) < 4.78 is 5.16. The van der Waals surface area contributed by atoms with Gasteiger partial charge in [0, 0.05) is 5.56 Å². The Balaban J connectivity index is 2.00. The van der Waals surface area contributed by atoms with Gasteiger partial charge >= 0.3 is 0 Å². The molecule has 2 N–H and O–H groups in total. The molecule has 2 aromatic rings. The molecular formula is C17H22N4O3. The number of aromatic nitrogens is 2. The van der Waals surface area contributed by atoms with Gasteiger partial charge in [-0.3, -0.25) is 9.59 Å². The van der Waals surface area contributed by atoms with Gasteiger partial charge < -0.3 is 15.2 Å². The normalized spacial score (nSPS) is 13.4. The van der Waals surface area contributed by atoms with E-state index in [1.165, 1.54) is 0 Å². The Morgan fingerprint density at radius 3 is 2.29 bits per heavy atom. The number of hydrogen-bond donors (Lipinski definition) is 2. The number of nitrogens with zero attached hydrogens (tertiary/aromatic N) is 2. The van der Waals surface area contributed by atoms with Crippen LogP contribution in [0.3, 0.4) is 0 Å². The molecule has 0 saturated carbocycles. The highest BCUT2D eigenvalue weighted by Gasteiger charge is 2.26. The average molecular weight is 330 g/mol. The van der Waals surface area contributed by atoms with Gasteiger partial charge in [0.15, 0.2) is 5.82 Å². The summed E-state index contributed by atoms with van der Waals surface area (Å²) in [5, 5.41) is 9.29. The van der Waals surface area contributed by atoms with Gasteiger partial charge in [0.1, 0.15) is 12.1 Å². The Kier molecular flexibility index (Phi) is 5.68. The maximum absolute atomic E-state index is 12.4. The lowest BCUT2D eigenvalue weighted by Gasteiger charge is -2.21. The van der Waals surface area contributed by atoms with E-state index in [0.29, 0.717) is 17.3 Å². The molecule has 0 unspecified atom stereocenters. The lowest BCUT2D eigenvalue weighted by molar-refractivity contribution is -0.123. The minimum absolute atomic E-state index is 0.0609. The summed E-state index contributed by atoms with van der Waals surface area (Å²) >= 11 is 0. The predicted molar refractivity (Wildman–Crippen MR) is 88.1 cm³/mol. The van der Waals surface area contributed by atoms with Gasteiger partial charge in [-0.2, -0.15) is 4.98 Å². The van der Waals surface area contributed by atoms with E-state index in [2.05, 4.69) is 20.8 Å². The molecule has 0 bridgehead atoms. The van der Waals surface area contributed by atoms with E-state index in [1.807, 2.05) is 19.9 Å². The first kappa shape index (κ1) is 17.7. The molecule has 2 atom stereocenters. The molecule has 1 aromatic carbocycles. The molecule has 24 heavy (non-hydrogen) atoms. The fourth-order valence-corrected chi connectivity index (χ4v) is 2.17. The number of carbonyl (C=O) groups is 2. The van der Waals surface area contributed by atoms with Crippen molar-refractivity contribution in [1.29, 1.82) is 0 Å². The van der Waals surface area contributed by atoms with Crippen molar-refractivity contribution in [2.24, 2.45) is 5.92 Å². The second-order valence-corrected chi connectivity index (χ2v) is 5.97. The summed E-state index contributed by atoms with van der Waals surface area (Å²) in [5.74, 6) is 0.320. The monoisotopic (exact) mass is 330 g/mol. The highest BCUT2D eigenvalue weighted by Crippen LogP contribution is 2.20. The Bertz CT molecular complexity index is 697. The minimum Gasteiger partial charge on any atom is -0.342 e. The minimum atomic E-state index is -0.692. The van der Waals surface area contributed by atoms with E-state index >= 15 is 0 Å². The fourth-order valence-electron chi connectivity index (χ4n) is 2.17. The molecule has 0 aliphatic rings. The predicted octanol–water partition coefficient (Wildman–Crippen LogP) is 2.01. The molecule has 7 nitrogen and oxygen atoms in total. The van der Waals surface area contributed by atoms with Gasteiger partial charge in [0.25, 0.3) is 5.91 Å². The van der Waals surface area contributed by atoms with Crippen molar-refractivity contribution in [2.45, 2.75) is 39.8 Å². The Hall–Kier alpha value is -2.70. The van der Waals surface area contributed by atoms with Crippen molar-refractivity contribution in [3.63, 3.8) is 0 Å². The zero-order valence-corrected chi connectivity index (χ0v) is 14.2. The quantitative estimate of drug-likeness (QED) is 0.844. The number of benzene rings is 1. The first-order valence-corrected chi connectivity index (χ1v) is 7.85. The summed E-state index contributed by atoms with van der Waals surface area (Å²) in [4.78, 5) is 28.7. The summed E-state index contributed by atoms with van der Waals surface area (Å²) in [6, 6.07) is 7.65. The van der Waals surface area contributed by atoms with Crippen molar-refractivity contribution in [3.8, 4) is 0 Å². The molecule has 128 valence electrons. The highest BCUT2D eigenvalue weighted by molar-refractivity contribution is 5.97. The van der Waals surface area contributed by atoms with Crippen molar-refractivity contribution < 1.29 is 14.1 Å². The standard InChI is InChI=1S/C17H22N4O3/c1-10(2)14(17-19-12(4)21-24-17)20-15(22)11(3)18-16(23)13-8-6-5-7-9-13/h5-11,14H,1-4H3,(H,18,23)(H,20,22)/t11-,14-/m1/s1. The second-order valence-electron chi connectivity index (χ2n) is 5.97. The molecule has 0 aliphatic carbocycles. The van der Waals surface area contributed by atoms with Crippen LogP contribution in [0.4, 0.5) is 0 Å². The van der Waals surface area contributed by atoms with E-state index in [0.717, 1.165) is 0 Å². The maximum atomic E-state index is 12.4. The van der Waals surface area contributed by atoms with Crippen LogP contribution in [0.2, 0.25) is 0 Å². The number of nitrogens with one attached hydrogen (secondary N) is 2. The van der Waals surface area contributed by atoms with E-state index in [9.17, 15) is 9.59 Å². The summed E-state index contributed by atoms with van der Waals surface area (Å²) in [7, 11) is 0. The number of aryl methyl sites for hydroxylation is 1. The van der Waals surface area contributed by atoms with Crippen LogP contribution in [0, 0.1) is 12.8 Å². The topological polar surface area (TPSA) is 97.1 Å². The molecule has 0 fully saturated rings. The van der Waals surface area contributed by atoms with Crippen LogP contribution in [-0.4, -0.2) is 28.0 Å². The number of rotatable bonds is 6. The van der Waals surface area contributed by atoms with Gasteiger partial charge in [-0.25, -0.2) is 0 Å². The molecule has 0 spiro atoms. The molecule has 0 saturated heterocycles. The van der Waals surface area contributed by atoms with E-state index in [-0.39, 0.29) is 17.7 Å². The lowest BCUT2D eigenvalue weighted by Crippen LogP contribution is -2.46. The van der Waals surface area contributed by atoms with Crippen molar-refractivity contribution in [2.75, 3.05) is 0 Å². The van der Waals surface area contributed by atoms with Crippen LogP contribution >= 0.6 is 0 Å². The Labute approximate surface area is 140 Å². The first-order chi connectivity index (χ1) is 11.4. The highest BCUT2D eigenvalue weighted by atomic mass is 16.5. The van der Waals surface area contributed by atoms with Crippen LogP contribution in [0.15, 0.2) is 34.9 Å². The average Bonchev–Trinajstić information content (AvgIpc) is 2.98. The number of amides is 2. The second kappa shape index (κ2) is 7.72. The zero-order chi connectivity index (χ0) is 17.7. The van der Waals surface area contributed by atoms with E-state index < -0.39 is 12.1 Å². The fraction of sp³-hybridized carbons (Fsp3) is 0.412. The van der Waals surface area contributed by atoms with Crippen LogP contribution < -0.4 is 10.6 Å². The smallest absolute Gasteiger partial charge is 0.251 e. The number of hydrogen-bond acceptors (Lipinski definition) is 5. The van der Waals surface area contributed by atoms with Crippen LogP contribution in [0.5, 0.6) is 0 Å². The maximum Gasteiger partial charge on any atom is 0.251 e. The third kappa shape index (κ3) is 4.41. The van der Waals surface area contributed by atoms with Gasteiger partial charge in [0.2, 0.25) is 11.8 Å². The Morgan fingerprint density at radius 2 is 1.75 bits per heavy atom. The van der Waals surface area contributed by atoms with Crippen molar-refractivity contribution in [1.82, 2.24) is 20.8 Å². The number of carbonyl (C=O) groups excluding carboxylic acids is 2. The van der Waals surface area contributed by atoms with E-state index in [1.54, 1.807) is 38.1 Å². The molecule has 0 aliphatic heterocycles. The summed E-state index contributed by atoms with van der Waals surface area (Å²) in [6.07, 6.45) is 0.